The Morgan fingerprint density at radius 1 is 1.45 bits per heavy atom. The molecule has 0 aliphatic heterocycles. The van der Waals surface area contributed by atoms with Crippen LogP contribution < -0.4 is 0 Å². The highest BCUT2D eigenvalue weighted by Gasteiger charge is 2.13. The zero-order valence-corrected chi connectivity index (χ0v) is 5.50. The molecule has 1 aliphatic carbocycles. The van der Waals surface area contributed by atoms with Crippen LogP contribution in [0.5, 0.6) is 0 Å². The van der Waals surface area contributed by atoms with Crippen LogP contribution in [-0.4, -0.2) is 22.6 Å². The van der Waals surface area contributed by atoms with Gasteiger partial charge in [-0.25, -0.2) is 4.79 Å². The summed E-state index contributed by atoms with van der Waals surface area (Å²) < 4.78 is 0. The van der Waals surface area contributed by atoms with E-state index in [9.17, 15) is 9.59 Å². The van der Waals surface area contributed by atoms with E-state index in [2.05, 4.69) is 0 Å². The van der Waals surface area contributed by atoms with Crippen molar-refractivity contribution in [3.8, 4) is 0 Å². The minimum Gasteiger partial charge on any atom is -0.478 e. The van der Waals surface area contributed by atoms with E-state index >= 15 is 0 Å². The molecule has 0 heterocycles. The first-order valence-corrected chi connectivity index (χ1v) is 2.87. The smallest absolute Gasteiger partial charge is 0.335 e. The van der Waals surface area contributed by atoms with Gasteiger partial charge in [0.2, 0.25) is 5.78 Å². The van der Waals surface area contributed by atoms with Crippen LogP contribution in [0.15, 0.2) is 23.8 Å². The van der Waals surface area contributed by atoms with Gasteiger partial charge >= 0.3 is 5.97 Å². The summed E-state index contributed by atoms with van der Waals surface area (Å²) in [5, 5.41) is 15.4. The number of nitrogens with one attached hydrogen (secondary N) is 1. The van der Waals surface area contributed by atoms with E-state index in [-0.39, 0.29) is 11.3 Å². The first-order valence-electron chi connectivity index (χ1n) is 2.87. The standard InChI is InChI=1S/C7H5NO3/c8-5-3-4(7(10)11)1-2-6(5)9/h1-3,8H,(H,10,11). The Bertz CT molecular complexity index is 299. The molecule has 0 spiro atoms. The van der Waals surface area contributed by atoms with Crippen molar-refractivity contribution in [1.82, 2.24) is 0 Å². The molecule has 0 radical (unpaired) electrons. The van der Waals surface area contributed by atoms with E-state index in [1.807, 2.05) is 0 Å². The van der Waals surface area contributed by atoms with Crippen molar-refractivity contribution in [2.75, 3.05) is 0 Å². The molecule has 11 heavy (non-hydrogen) atoms. The summed E-state index contributed by atoms with van der Waals surface area (Å²) in [6, 6.07) is 0. The Morgan fingerprint density at radius 2 is 2.09 bits per heavy atom. The summed E-state index contributed by atoms with van der Waals surface area (Å²) in [7, 11) is 0. The zero-order chi connectivity index (χ0) is 8.43. The average Bonchev–Trinajstić information content (AvgIpc) is 1.94. The minimum atomic E-state index is -1.13. The van der Waals surface area contributed by atoms with Crippen LogP contribution in [0.25, 0.3) is 0 Å². The molecule has 0 saturated heterocycles. The fourth-order valence-corrected chi connectivity index (χ4v) is 0.663. The highest BCUT2D eigenvalue weighted by atomic mass is 16.4. The lowest BCUT2D eigenvalue weighted by Crippen LogP contribution is -2.14. The second kappa shape index (κ2) is 2.49. The van der Waals surface area contributed by atoms with Gasteiger partial charge in [-0.3, -0.25) is 10.2 Å². The number of carbonyl (C=O) groups excluding carboxylic acids is 1. The number of hydrogen-bond acceptors (Lipinski definition) is 3. The number of ketones is 1. The topological polar surface area (TPSA) is 78.2 Å². The van der Waals surface area contributed by atoms with Crippen molar-refractivity contribution in [3.05, 3.63) is 23.8 Å². The third kappa shape index (κ3) is 1.40. The van der Waals surface area contributed by atoms with Gasteiger partial charge in [0.15, 0.2) is 0 Å². The fraction of sp³-hybridized carbons (Fsp3) is 0. The van der Waals surface area contributed by atoms with Gasteiger partial charge in [-0.15, -0.1) is 0 Å². The molecule has 0 aromatic carbocycles. The molecule has 0 aromatic heterocycles. The van der Waals surface area contributed by atoms with Crippen molar-refractivity contribution in [2.45, 2.75) is 0 Å². The Hall–Kier alpha value is -1.71. The molecular formula is C7H5NO3. The second-order valence-corrected chi connectivity index (χ2v) is 2.02. The Morgan fingerprint density at radius 3 is 2.55 bits per heavy atom. The second-order valence-electron chi connectivity index (χ2n) is 2.02. The summed E-state index contributed by atoms with van der Waals surface area (Å²) in [6.45, 7) is 0. The van der Waals surface area contributed by atoms with Gasteiger partial charge in [-0.1, -0.05) is 0 Å². The molecule has 0 fully saturated rings. The van der Waals surface area contributed by atoms with E-state index in [4.69, 9.17) is 10.5 Å². The number of carboxylic acids is 1. The number of hydrogen-bond donors (Lipinski definition) is 2. The molecule has 4 nitrogen and oxygen atoms in total. The maximum absolute atomic E-state index is 10.6. The average molecular weight is 151 g/mol. The molecule has 1 rings (SSSR count). The summed E-state index contributed by atoms with van der Waals surface area (Å²) in [5.74, 6) is -1.59. The van der Waals surface area contributed by atoms with Crippen LogP contribution in [0.2, 0.25) is 0 Å². The van der Waals surface area contributed by atoms with E-state index in [1.165, 1.54) is 6.08 Å². The predicted molar refractivity (Wildman–Crippen MR) is 37.6 cm³/mol. The normalized spacial score (nSPS) is 16.5. The van der Waals surface area contributed by atoms with Crippen LogP contribution in [0.4, 0.5) is 0 Å². The van der Waals surface area contributed by atoms with Crippen LogP contribution in [0.1, 0.15) is 0 Å². The predicted octanol–water partition coefficient (Wildman–Crippen LogP) is 0.156. The SMILES string of the molecule is N=C1C=C(C(=O)O)C=CC1=O. The number of aliphatic carboxylic acids is 1. The molecule has 1 aliphatic rings. The number of allylic oxidation sites excluding steroid dienone is 2. The molecule has 0 atom stereocenters. The highest BCUT2D eigenvalue weighted by Crippen LogP contribution is 2.04. The van der Waals surface area contributed by atoms with Crippen molar-refractivity contribution in [1.29, 1.82) is 5.41 Å². The van der Waals surface area contributed by atoms with Crippen LogP contribution in [-0.2, 0) is 9.59 Å². The molecule has 0 aromatic rings. The van der Waals surface area contributed by atoms with Gasteiger partial charge in [-0.2, -0.15) is 0 Å². The van der Waals surface area contributed by atoms with Gasteiger partial charge in [0, 0.05) is 0 Å². The zero-order valence-electron chi connectivity index (χ0n) is 5.50. The van der Waals surface area contributed by atoms with Crippen molar-refractivity contribution >= 4 is 17.5 Å². The van der Waals surface area contributed by atoms with Crippen LogP contribution >= 0.6 is 0 Å². The maximum atomic E-state index is 10.6. The minimum absolute atomic E-state index is 0.0328. The first kappa shape index (κ1) is 7.40. The van der Waals surface area contributed by atoms with Crippen molar-refractivity contribution < 1.29 is 14.7 Å². The lowest BCUT2D eigenvalue weighted by Gasteiger charge is -2.00. The summed E-state index contributed by atoms with van der Waals surface area (Å²) in [6.07, 6.45) is 3.29. The Balaban J connectivity index is 2.98. The monoisotopic (exact) mass is 151 g/mol. The van der Waals surface area contributed by atoms with Gasteiger partial charge in [-0.05, 0) is 18.2 Å². The number of carbonyl (C=O) groups is 2. The van der Waals surface area contributed by atoms with Crippen molar-refractivity contribution in [3.63, 3.8) is 0 Å². The van der Waals surface area contributed by atoms with E-state index in [0.29, 0.717) is 0 Å². The Labute approximate surface area is 62.3 Å². The molecular weight excluding hydrogens is 146 g/mol. The third-order valence-electron chi connectivity index (χ3n) is 1.23. The Kier molecular flexibility index (Phi) is 1.68. The number of carboxylic acid groups (broad SMARTS) is 1. The molecule has 0 unspecified atom stereocenters. The number of rotatable bonds is 1. The van der Waals surface area contributed by atoms with Gasteiger partial charge in [0.1, 0.15) is 5.71 Å². The lowest BCUT2D eigenvalue weighted by molar-refractivity contribution is -0.132. The molecule has 0 bridgehead atoms. The summed E-state index contributed by atoms with van der Waals surface area (Å²) in [4.78, 5) is 20.9. The largest absolute Gasteiger partial charge is 0.478 e. The maximum Gasteiger partial charge on any atom is 0.335 e. The highest BCUT2D eigenvalue weighted by molar-refractivity contribution is 6.48. The lowest BCUT2D eigenvalue weighted by atomic mass is 10.1. The molecule has 4 heteroatoms. The van der Waals surface area contributed by atoms with Gasteiger partial charge in [0.25, 0.3) is 0 Å². The molecule has 0 saturated carbocycles. The van der Waals surface area contributed by atoms with Gasteiger partial charge < -0.3 is 5.11 Å². The van der Waals surface area contributed by atoms with E-state index < -0.39 is 11.8 Å². The third-order valence-corrected chi connectivity index (χ3v) is 1.23. The molecule has 0 amide bonds. The van der Waals surface area contributed by atoms with Crippen LogP contribution in [0.3, 0.4) is 0 Å². The molecule has 56 valence electrons. The molecule has 2 N–H and O–H groups in total. The van der Waals surface area contributed by atoms with Crippen LogP contribution in [0, 0.1) is 5.41 Å². The first-order chi connectivity index (χ1) is 5.11. The van der Waals surface area contributed by atoms with E-state index in [1.54, 1.807) is 0 Å². The van der Waals surface area contributed by atoms with Crippen molar-refractivity contribution in [2.24, 2.45) is 0 Å². The fourth-order valence-electron chi connectivity index (χ4n) is 0.663. The van der Waals surface area contributed by atoms with Gasteiger partial charge in [0.05, 0.1) is 5.57 Å². The van der Waals surface area contributed by atoms with E-state index in [0.717, 1.165) is 12.2 Å². The summed E-state index contributed by atoms with van der Waals surface area (Å²) >= 11 is 0. The quantitative estimate of drug-likeness (QED) is 0.524. The summed E-state index contributed by atoms with van der Waals surface area (Å²) in [5.41, 5.74) is -0.320.